The SMILES string of the molecule is COC(=O)C(CC(C)C)N=C(N)NN. The van der Waals surface area contributed by atoms with Crippen LogP contribution >= 0.6 is 0 Å². The molecule has 6 heteroatoms. The molecule has 14 heavy (non-hydrogen) atoms. The van der Waals surface area contributed by atoms with Crippen molar-refractivity contribution in [2.24, 2.45) is 22.5 Å². The van der Waals surface area contributed by atoms with E-state index in [0.29, 0.717) is 12.3 Å². The summed E-state index contributed by atoms with van der Waals surface area (Å²) >= 11 is 0. The van der Waals surface area contributed by atoms with E-state index in [1.807, 2.05) is 13.8 Å². The molecule has 0 aromatic rings. The van der Waals surface area contributed by atoms with Gasteiger partial charge in [0.05, 0.1) is 7.11 Å². The highest BCUT2D eigenvalue weighted by atomic mass is 16.5. The molecule has 0 spiro atoms. The van der Waals surface area contributed by atoms with Crippen molar-refractivity contribution in [1.29, 1.82) is 0 Å². The van der Waals surface area contributed by atoms with Gasteiger partial charge in [-0.05, 0) is 12.3 Å². The van der Waals surface area contributed by atoms with E-state index in [2.05, 4.69) is 15.2 Å². The van der Waals surface area contributed by atoms with Crippen molar-refractivity contribution < 1.29 is 9.53 Å². The van der Waals surface area contributed by atoms with E-state index in [1.54, 1.807) is 0 Å². The van der Waals surface area contributed by atoms with Crippen molar-refractivity contribution in [3.63, 3.8) is 0 Å². The van der Waals surface area contributed by atoms with Crippen LogP contribution < -0.4 is 17.0 Å². The molecule has 0 aromatic heterocycles. The fourth-order valence-corrected chi connectivity index (χ4v) is 0.989. The van der Waals surface area contributed by atoms with E-state index >= 15 is 0 Å². The lowest BCUT2D eigenvalue weighted by Crippen LogP contribution is -2.39. The smallest absolute Gasteiger partial charge is 0.330 e. The summed E-state index contributed by atoms with van der Waals surface area (Å²) < 4.78 is 4.59. The van der Waals surface area contributed by atoms with Gasteiger partial charge in [-0.25, -0.2) is 15.6 Å². The van der Waals surface area contributed by atoms with Gasteiger partial charge in [0.1, 0.15) is 0 Å². The molecule has 0 bridgehead atoms. The lowest BCUT2D eigenvalue weighted by Gasteiger charge is -2.13. The maximum absolute atomic E-state index is 11.2. The van der Waals surface area contributed by atoms with Crippen LogP contribution in [0.3, 0.4) is 0 Å². The summed E-state index contributed by atoms with van der Waals surface area (Å²) in [4.78, 5) is 15.1. The average Bonchev–Trinajstić information content (AvgIpc) is 2.14. The third-order valence-corrected chi connectivity index (χ3v) is 1.61. The lowest BCUT2D eigenvalue weighted by molar-refractivity contribution is -0.142. The molecule has 0 rings (SSSR count). The molecule has 0 heterocycles. The quantitative estimate of drug-likeness (QED) is 0.185. The van der Waals surface area contributed by atoms with Crippen molar-refractivity contribution in [3.05, 3.63) is 0 Å². The van der Waals surface area contributed by atoms with Crippen molar-refractivity contribution >= 4 is 11.9 Å². The van der Waals surface area contributed by atoms with Crippen molar-refractivity contribution in [3.8, 4) is 0 Å². The fraction of sp³-hybridized carbons (Fsp3) is 0.750. The Morgan fingerprint density at radius 3 is 2.50 bits per heavy atom. The normalized spacial score (nSPS) is 13.9. The Morgan fingerprint density at radius 1 is 1.57 bits per heavy atom. The number of nitrogens with zero attached hydrogens (tertiary/aromatic N) is 1. The minimum atomic E-state index is -0.587. The van der Waals surface area contributed by atoms with Gasteiger partial charge in [-0.1, -0.05) is 13.8 Å². The second-order valence-electron chi connectivity index (χ2n) is 3.33. The molecule has 0 radical (unpaired) electrons. The van der Waals surface area contributed by atoms with Gasteiger partial charge >= 0.3 is 5.97 Å². The molecule has 82 valence electrons. The van der Waals surface area contributed by atoms with E-state index in [9.17, 15) is 4.79 Å². The predicted molar refractivity (Wildman–Crippen MR) is 54.2 cm³/mol. The second-order valence-corrected chi connectivity index (χ2v) is 3.33. The summed E-state index contributed by atoms with van der Waals surface area (Å²) in [6.45, 7) is 3.97. The molecular weight excluding hydrogens is 184 g/mol. The summed E-state index contributed by atoms with van der Waals surface area (Å²) in [7, 11) is 1.32. The number of guanidine groups is 1. The Kier molecular flexibility index (Phi) is 5.62. The Bertz CT molecular complexity index is 215. The number of hydrazine groups is 1. The zero-order chi connectivity index (χ0) is 11.1. The highest BCUT2D eigenvalue weighted by Gasteiger charge is 2.19. The standard InChI is InChI=1S/C8H18N4O2/c1-5(2)4-6(7(13)14-3)11-8(9)12-10/h5-6H,4,10H2,1-3H3,(H3,9,11,12). The molecule has 0 aliphatic rings. The molecule has 0 aromatic carbocycles. The van der Waals surface area contributed by atoms with E-state index in [4.69, 9.17) is 11.6 Å². The molecule has 6 nitrogen and oxygen atoms in total. The van der Waals surface area contributed by atoms with Crippen molar-refractivity contribution in [1.82, 2.24) is 5.43 Å². The van der Waals surface area contributed by atoms with Crippen LogP contribution in [0.1, 0.15) is 20.3 Å². The summed E-state index contributed by atoms with van der Waals surface area (Å²) in [5, 5.41) is 0. The monoisotopic (exact) mass is 202 g/mol. The number of carbonyl (C=O) groups is 1. The second kappa shape index (κ2) is 6.20. The van der Waals surface area contributed by atoms with E-state index in [0.717, 1.165) is 0 Å². The first-order valence-corrected chi connectivity index (χ1v) is 4.39. The number of nitrogens with one attached hydrogen (secondary N) is 1. The molecule has 0 aliphatic heterocycles. The topological polar surface area (TPSA) is 103 Å². The number of hydrogen-bond donors (Lipinski definition) is 3. The number of methoxy groups -OCH3 is 1. The van der Waals surface area contributed by atoms with Gasteiger partial charge in [-0.2, -0.15) is 0 Å². The third-order valence-electron chi connectivity index (χ3n) is 1.61. The van der Waals surface area contributed by atoms with Crippen LogP contribution in [0.4, 0.5) is 0 Å². The van der Waals surface area contributed by atoms with Crippen LogP contribution in [0.5, 0.6) is 0 Å². The number of ether oxygens (including phenoxy) is 1. The van der Waals surface area contributed by atoms with Gasteiger partial charge in [-0.3, -0.25) is 5.43 Å². The van der Waals surface area contributed by atoms with Gasteiger partial charge in [0.15, 0.2) is 6.04 Å². The zero-order valence-electron chi connectivity index (χ0n) is 8.78. The minimum absolute atomic E-state index is 0.0288. The Balaban J connectivity index is 4.47. The first kappa shape index (κ1) is 12.7. The summed E-state index contributed by atoms with van der Waals surface area (Å²) in [5.74, 6) is 4.99. The van der Waals surface area contributed by atoms with Crippen LogP contribution in [-0.2, 0) is 9.53 Å². The molecule has 0 saturated carbocycles. The number of nitrogens with two attached hydrogens (primary N) is 2. The van der Waals surface area contributed by atoms with E-state index in [1.165, 1.54) is 7.11 Å². The summed E-state index contributed by atoms with van der Waals surface area (Å²) in [5.41, 5.74) is 7.52. The highest BCUT2D eigenvalue weighted by molar-refractivity contribution is 5.83. The lowest BCUT2D eigenvalue weighted by atomic mass is 10.0. The molecule has 0 aliphatic carbocycles. The molecule has 1 atom stereocenters. The van der Waals surface area contributed by atoms with Crippen LogP contribution in [0, 0.1) is 5.92 Å². The van der Waals surface area contributed by atoms with E-state index in [-0.39, 0.29) is 5.96 Å². The third kappa shape index (κ3) is 4.66. The number of aliphatic imine (C=N–C) groups is 1. The predicted octanol–water partition coefficient (Wildman–Crippen LogP) is -0.648. The van der Waals surface area contributed by atoms with Crippen molar-refractivity contribution in [2.75, 3.05) is 7.11 Å². The Labute approximate surface area is 83.7 Å². The van der Waals surface area contributed by atoms with Gasteiger partial charge in [0.2, 0.25) is 5.96 Å². The van der Waals surface area contributed by atoms with Gasteiger partial charge < -0.3 is 10.5 Å². The van der Waals surface area contributed by atoms with Gasteiger partial charge in [0, 0.05) is 0 Å². The molecule has 0 amide bonds. The van der Waals surface area contributed by atoms with Gasteiger partial charge in [0.25, 0.3) is 0 Å². The highest BCUT2D eigenvalue weighted by Crippen LogP contribution is 2.09. The molecule has 0 fully saturated rings. The van der Waals surface area contributed by atoms with Crippen LogP contribution in [0.25, 0.3) is 0 Å². The number of hydrogen-bond acceptors (Lipinski definition) is 4. The molecule has 0 saturated heterocycles. The van der Waals surface area contributed by atoms with Gasteiger partial charge in [-0.15, -0.1) is 0 Å². The first-order chi connectivity index (χ1) is 6.51. The molecule has 1 unspecified atom stereocenters. The summed E-state index contributed by atoms with van der Waals surface area (Å²) in [6.07, 6.45) is 0.578. The molecular formula is C8H18N4O2. The Hall–Kier alpha value is -1.30. The van der Waals surface area contributed by atoms with Crippen LogP contribution in [0.15, 0.2) is 4.99 Å². The maximum atomic E-state index is 11.2. The zero-order valence-corrected chi connectivity index (χ0v) is 8.78. The number of carbonyl (C=O) groups excluding carboxylic acids is 1. The van der Waals surface area contributed by atoms with E-state index < -0.39 is 12.0 Å². The van der Waals surface area contributed by atoms with Crippen molar-refractivity contribution in [2.45, 2.75) is 26.3 Å². The van der Waals surface area contributed by atoms with Crippen LogP contribution in [0.2, 0.25) is 0 Å². The maximum Gasteiger partial charge on any atom is 0.330 e. The Morgan fingerprint density at radius 2 is 2.14 bits per heavy atom. The largest absolute Gasteiger partial charge is 0.467 e. The molecule has 5 N–H and O–H groups in total. The average molecular weight is 202 g/mol. The van der Waals surface area contributed by atoms with Crippen LogP contribution in [-0.4, -0.2) is 25.1 Å². The fourth-order valence-electron chi connectivity index (χ4n) is 0.989. The number of rotatable bonds is 4. The first-order valence-electron chi connectivity index (χ1n) is 4.39. The summed E-state index contributed by atoms with van der Waals surface area (Å²) in [6, 6.07) is -0.587. The number of esters is 1. The minimum Gasteiger partial charge on any atom is -0.467 e.